The van der Waals surface area contributed by atoms with Crippen LogP contribution >= 0.6 is 0 Å². The highest BCUT2D eigenvalue weighted by Gasteiger charge is 2.50. The maximum Gasteiger partial charge on any atom is 0.112 e. The molecule has 0 spiro atoms. The minimum Gasteiger partial charge on any atom is -0.379 e. The molecule has 2 rings (SSSR count). The van der Waals surface area contributed by atoms with E-state index in [1.54, 1.807) is 0 Å². The Morgan fingerprint density at radius 2 is 1.89 bits per heavy atom. The lowest BCUT2D eigenvalue weighted by atomic mass is 9.61. The van der Waals surface area contributed by atoms with Gasteiger partial charge in [0.2, 0.25) is 0 Å². The fourth-order valence-electron chi connectivity index (χ4n) is 3.85. The molecule has 2 fully saturated rings. The molecule has 1 aliphatic carbocycles. The first kappa shape index (κ1) is 13.8. The second-order valence-electron chi connectivity index (χ2n) is 6.80. The number of rotatable bonds is 1. The van der Waals surface area contributed by atoms with E-state index in [-0.39, 0.29) is 11.0 Å². The molecule has 1 saturated heterocycles. The van der Waals surface area contributed by atoms with E-state index in [9.17, 15) is 5.26 Å². The number of hydrogen-bond acceptors (Lipinski definition) is 3. The van der Waals surface area contributed by atoms with Gasteiger partial charge in [0.25, 0.3) is 0 Å². The highest BCUT2D eigenvalue weighted by atomic mass is 16.5. The normalized spacial score (nSPS) is 35.1. The molecule has 2 unspecified atom stereocenters. The van der Waals surface area contributed by atoms with Crippen LogP contribution in [0.5, 0.6) is 0 Å². The Balaban J connectivity index is 2.29. The van der Waals surface area contributed by atoms with Gasteiger partial charge >= 0.3 is 0 Å². The minimum atomic E-state index is -0.250. The summed E-state index contributed by atoms with van der Waals surface area (Å²) in [5.41, 5.74) is -0.0469. The molecule has 0 aromatic carbocycles. The molecule has 1 saturated carbocycles. The van der Waals surface area contributed by atoms with Gasteiger partial charge in [-0.2, -0.15) is 5.26 Å². The molecule has 18 heavy (non-hydrogen) atoms. The van der Waals surface area contributed by atoms with Crippen molar-refractivity contribution in [2.24, 2.45) is 11.3 Å². The topological polar surface area (TPSA) is 36.3 Å². The molecule has 3 nitrogen and oxygen atoms in total. The second kappa shape index (κ2) is 5.19. The summed E-state index contributed by atoms with van der Waals surface area (Å²) < 4.78 is 5.45. The van der Waals surface area contributed by atoms with Gasteiger partial charge in [0.15, 0.2) is 0 Å². The predicted molar refractivity (Wildman–Crippen MR) is 72.1 cm³/mol. The van der Waals surface area contributed by atoms with E-state index in [1.165, 1.54) is 19.3 Å². The van der Waals surface area contributed by atoms with Crippen LogP contribution in [0.25, 0.3) is 0 Å². The van der Waals surface area contributed by atoms with E-state index in [0.717, 1.165) is 32.7 Å². The number of nitrogens with zero attached hydrogens (tertiary/aromatic N) is 2. The van der Waals surface area contributed by atoms with Crippen molar-refractivity contribution in [3.63, 3.8) is 0 Å². The third-order valence-corrected chi connectivity index (χ3v) is 4.69. The van der Waals surface area contributed by atoms with Crippen molar-refractivity contribution in [2.75, 3.05) is 26.3 Å². The number of ether oxygens (including phenoxy) is 1. The Bertz CT molecular complexity index is 322. The third kappa shape index (κ3) is 2.41. The molecule has 0 radical (unpaired) electrons. The van der Waals surface area contributed by atoms with Gasteiger partial charge in [-0.15, -0.1) is 0 Å². The summed E-state index contributed by atoms with van der Waals surface area (Å²) in [6, 6.07) is 2.71. The Labute approximate surface area is 111 Å². The molecule has 3 heteroatoms. The monoisotopic (exact) mass is 250 g/mol. The highest BCUT2D eigenvalue weighted by molar-refractivity contribution is 5.16. The first-order valence-corrected chi connectivity index (χ1v) is 7.25. The van der Waals surface area contributed by atoms with E-state index in [1.807, 2.05) is 0 Å². The van der Waals surface area contributed by atoms with Crippen LogP contribution in [0, 0.1) is 22.7 Å². The Kier molecular flexibility index (Phi) is 3.99. The minimum absolute atomic E-state index is 0.203. The summed E-state index contributed by atoms with van der Waals surface area (Å²) in [6.45, 7) is 10.3. The van der Waals surface area contributed by atoms with Crippen molar-refractivity contribution in [2.45, 2.75) is 52.0 Å². The first-order chi connectivity index (χ1) is 8.50. The van der Waals surface area contributed by atoms with Crippen molar-refractivity contribution in [3.05, 3.63) is 0 Å². The van der Waals surface area contributed by atoms with Crippen molar-refractivity contribution >= 4 is 0 Å². The molecule has 102 valence electrons. The van der Waals surface area contributed by atoms with Crippen LogP contribution in [-0.2, 0) is 4.74 Å². The van der Waals surface area contributed by atoms with E-state index in [0.29, 0.717) is 5.92 Å². The van der Waals surface area contributed by atoms with Gasteiger partial charge in [0, 0.05) is 13.1 Å². The lowest BCUT2D eigenvalue weighted by Gasteiger charge is -2.52. The third-order valence-electron chi connectivity index (χ3n) is 4.69. The number of nitriles is 1. The summed E-state index contributed by atoms with van der Waals surface area (Å²) in [4.78, 5) is 2.41. The second-order valence-corrected chi connectivity index (χ2v) is 6.80. The van der Waals surface area contributed by atoms with Crippen LogP contribution < -0.4 is 0 Å². The molecular formula is C15H26N2O. The summed E-state index contributed by atoms with van der Waals surface area (Å²) in [5.74, 6) is 0.474. The fraction of sp³-hybridized carbons (Fsp3) is 0.933. The molecule has 0 amide bonds. The molecular weight excluding hydrogens is 224 g/mol. The molecule has 0 N–H and O–H groups in total. The Morgan fingerprint density at radius 1 is 1.22 bits per heavy atom. The molecule has 2 atom stereocenters. The van der Waals surface area contributed by atoms with Gasteiger partial charge in [-0.05, 0) is 24.2 Å². The van der Waals surface area contributed by atoms with Gasteiger partial charge in [0.1, 0.15) is 5.54 Å². The summed E-state index contributed by atoms with van der Waals surface area (Å²) in [5, 5.41) is 9.90. The number of morpholine rings is 1. The number of hydrogen-bond donors (Lipinski definition) is 0. The first-order valence-electron chi connectivity index (χ1n) is 7.25. The molecule has 0 aromatic rings. The molecule has 0 aromatic heterocycles. The van der Waals surface area contributed by atoms with E-state index in [2.05, 4.69) is 31.7 Å². The van der Waals surface area contributed by atoms with E-state index in [4.69, 9.17) is 4.74 Å². The Hall–Kier alpha value is -0.590. The van der Waals surface area contributed by atoms with Gasteiger partial charge in [0.05, 0.1) is 19.3 Å². The van der Waals surface area contributed by atoms with E-state index < -0.39 is 0 Å². The SMILES string of the molecule is CC(C)(C)C1CCCCC1(C#N)N1CCOCC1. The quantitative estimate of drug-likeness (QED) is 0.718. The average molecular weight is 250 g/mol. The van der Waals surface area contributed by atoms with Crippen LogP contribution in [0.4, 0.5) is 0 Å². The lowest BCUT2D eigenvalue weighted by Crippen LogP contribution is -2.60. The molecule has 1 aliphatic heterocycles. The van der Waals surface area contributed by atoms with Gasteiger partial charge < -0.3 is 4.74 Å². The van der Waals surface area contributed by atoms with Crippen LogP contribution in [-0.4, -0.2) is 36.7 Å². The van der Waals surface area contributed by atoms with Crippen LogP contribution in [0.1, 0.15) is 46.5 Å². The smallest absolute Gasteiger partial charge is 0.112 e. The average Bonchev–Trinajstić information content (AvgIpc) is 2.38. The highest BCUT2D eigenvalue weighted by Crippen LogP contribution is 2.47. The summed E-state index contributed by atoms with van der Waals surface area (Å²) in [6.07, 6.45) is 4.69. The largest absolute Gasteiger partial charge is 0.379 e. The van der Waals surface area contributed by atoms with Crippen LogP contribution in [0.2, 0.25) is 0 Å². The summed E-state index contributed by atoms with van der Waals surface area (Å²) >= 11 is 0. The molecule has 1 heterocycles. The zero-order chi connectivity index (χ0) is 13.2. The zero-order valence-electron chi connectivity index (χ0n) is 12.0. The predicted octanol–water partition coefficient (Wildman–Crippen LogP) is 2.82. The van der Waals surface area contributed by atoms with Crippen LogP contribution in [0.3, 0.4) is 0 Å². The zero-order valence-corrected chi connectivity index (χ0v) is 12.0. The molecule has 0 bridgehead atoms. The van der Waals surface area contributed by atoms with Crippen molar-refractivity contribution in [3.8, 4) is 6.07 Å². The lowest BCUT2D eigenvalue weighted by molar-refractivity contribution is -0.0611. The van der Waals surface area contributed by atoms with Crippen LogP contribution in [0.15, 0.2) is 0 Å². The standard InChI is InChI=1S/C15H26N2O/c1-14(2,3)13-6-4-5-7-15(13,12-16)17-8-10-18-11-9-17/h13H,4-11H2,1-3H3. The van der Waals surface area contributed by atoms with Gasteiger partial charge in [-0.1, -0.05) is 33.6 Å². The molecule has 2 aliphatic rings. The maximum atomic E-state index is 9.90. The van der Waals surface area contributed by atoms with E-state index >= 15 is 0 Å². The Morgan fingerprint density at radius 3 is 2.44 bits per heavy atom. The van der Waals surface area contributed by atoms with Gasteiger partial charge in [-0.25, -0.2) is 0 Å². The fourth-order valence-corrected chi connectivity index (χ4v) is 3.85. The van der Waals surface area contributed by atoms with Crippen molar-refractivity contribution in [1.82, 2.24) is 4.90 Å². The van der Waals surface area contributed by atoms with Crippen molar-refractivity contribution in [1.29, 1.82) is 5.26 Å². The van der Waals surface area contributed by atoms with Crippen molar-refractivity contribution < 1.29 is 4.74 Å². The summed E-state index contributed by atoms with van der Waals surface area (Å²) in [7, 11) is 0. The van der Waals surface area contributed by atoms with Gasteiger partial charge in [-0.3, -0.25) is 4.90 Å². The maximum absolute atomic E-state index is 9.90.